The van der Waals surface area contributed by atoms with E-state index in [1.807, 2.05) is 36.4 Å². The van der Waals surface area contributed by atoms with Crippen molar-refractivity contribution < 1.29 is 4.79 Å². The van der Waals surface area contributed by atoms with Crippen LogP contribution in [0.4, 0.5) is 0 Å². The molecule has 0 aliphatic heterocycles. The number of benzene rings is 2. The van der Waals surface area contributed by atoms with Crippen LogP contribution < -0.4 is 0 Å². The summed E-state index contributed by atoms with van der Waals surface area (Å²) in [7, 11) is 0. The van der Waals surface area contributed by atoms with Crippen molar-refractivity contribution >= 4 is 22.2 Å². The van der Waals surface area contributed by atoms with E-state index in [1.54, 1.807) is 0 Å². The van der Waals surface area contributed by atoms with E-state index >= 15 is 0 Å². The van der Waals surface area contributed by atoms with Gasteiger partial charge in [-0.25, -0.2) is 0 Å². The first-order valence-corrected chi connectivity index (χ1v) is 6.17. The summed E-state index contributed by atoms with van der Waals surface area (Å²) < 4.78 is 0. The van der Waals surface area contributed by atoms with Crippen molar-refractivity contribution in [2.45, 2.75) is 5.33 Å². The van der Waals surface area contributed by atoms with Crippen molar-refractivity contribution in [1.82, 2.24) is 0 Å². The van der Waals surface area contributed by atoms with Gasteiger partial charge in [0.05, 0.1) is 0 Å². The van der Waals surface area contributed by atoms with Gasteiger partial charge in [0.2, 0.25) is 0 Å². The van der Waals surface area contributed by atoms with Gasteiger partial charge < -0.3 is 0 Å². The lowest BCUT2D eigenvalue weighted by Crippen LogP contribution is -1.90. The third kappa shape index (κ3) is 2.22. The van der Waals surface area contributed by atoms with E-state index in [1.165, 1.54) is 5.56 Å². The van der Waals surface area contributed by atoms with E-state index in [2.05, 4.69) is 28.1 Å². The lowest BCUT2D eigenvalue weighted by Gasteiger charge is -2.05. The van der Waals surface area contributed by atoms with Crippen molar-refractivity contribution in [2.75, 3.05) is 0 Å². The summed E-state index contributed by atoms with van der Waals surface area (Å²) in [6.07, 6.45) is 0.894. The van der Waals surface area contributed by atoms with Crippen LogP contribution in [0.2, 0.25) is 0 Å². The molecule has 0 radical (unpaired) electrons. The fourth-order valence-corrected chi connectivity index (χ4v) is 2.13. The Morgan fingerprint density at radius 2 is 1.75 bits per heavy atom. The van der Waals surface area contributed by atoms with Crippen LogP contribution in [-0.4, -0.2) is 6.29 Å². The monoisotopic (exact) mass is 274 g/mol. The Bertz CT molecular complexity index is 491. The molecule has 2 aromatic rings. The molecular weight excluding hydrogens is 264 g/mol. The highest BCUT2D eigenvalue weighted by molar-refractivity contribution is 9.08. The molecule has 0 heterocycles. The van der Waals surface area contributed by atoms with Gasteiger partial charge in [0.1, 0.15) is 6.29 Å². The molecule has 16 heavy (non-hydrogen) atoms. The zero-order valence-electron chi connectivity index (χ0n) is 8.69. The first-order valence-electron chi connectivity index (χ1n) is 5.04. The maximum atomic E-state index is 10.8. The molecule has 0 atom stereocenters. The van der Waals surface area contributed by atoms with Gasteiger partial charge >= 0.3 is 0 Å². The molecule has 2 rings (SSSR count). The number of hydrogen-bond donors (Lipinski definition) is 0. The molecule has 0 amide bonds. The van der Waals surface area contributed by atoms with Gasteiger partial charge in [0.25, 0.3) is 0 Å². The molecule has 2 heteroatoms. The lowest BCUT2D eigenvalue weighted by molar-refractivity contribution is 0.112. The molecule has 80 valence electrons. The highest BCUT2D eigenvalue weighted by Gasteiger charge is 2.03. The van der Waals surface area contributed by atoms with Gasteiger partial charge in [-0.15, -0.1) is 0 Å². The van der Waals surface area contributed by atoms with Crippen LogP contribution in [0.3, 0.4) is 0 Å². The Morgan fingerprint density at radius 3 is 2.38 bits per heavy atom. The first-order chi connectivity index (χ1) is 7.85. The minimum atomic E-state index is 0.696. The Balaban J connectivity index is 2.48. The Hall–Kier alpha value is -1.41. The van der Waals surface area contributed by atoms with Crippen molar-refractivity contribution in [3.8, 4) is 11.1 Å². The maximum absolute atomic E-state index is 10.8. The standard InChI is InChI=1S/C14H11BrO/c15-9-14-8-12(6-7-13(14)10-16)11-4-2-1-3-5-11/h1-8,10H,9H2. The summed E-state index contributed by atoms with van der Waals surface area (Å²) in [6.45, 7) is 0. The van der Waals surface area contributed by atoms with Gasteiger partial charge in [-0.2, -0.15) is 0 Å². The average Bonchev–Trinajstić information content (AvgIpc) is 2.39. The highest BCUT2D eigenvalue weighted by atomic mass is 79.9. The normalized spacial score (nSPS) is 10.1. The first kappa shape index (κ1) is 11.1. The Kier molecular flexibility index (Phi) is 3.52. The number of hydrogen-bond acceptors (Lipinski definition) is 1. The number of rotatable bonds is 3. The third-order valence-electron chi connectivity index (χ3n) is 2.52. The van der Waals surface area contributed by atoms with Gasteiger partial charge in [-0.1, -0.05) is 58.4 Å². The molecule has 0 unspecified atom stereocenters. The number of alkyl halides is 1. The molecule has 0 bridgehead atoms. The van der Waals surface area contributed by atoms with Crippen molar-refractivity contribution in [3.63, 3.8) is 0 Å². The van der Waals surface area contributed by atoms with Crippen LogP contribution in [-0.2, 0) is 5.33 Å². The van der Waals surface area contributed by atoms with Crippen molar-refractivity contribution in [3.05, 3.63) is 59.7 Å². The van der Waals surface area contributed by atoms with Crippen LogP contribution in [0.1, 0.15) is 15.9 Å². The van der Waals surface area contributed by atoms with Gasteiger partial charge in [0, 0.05) is 10.9 Å². The van der Waals surface area contributed by atoms with Crippen molar-refractivity contribution in [2.24, 2.45) is 0 Å². The van der Waals surface area contributed by atoms with E-state index in [4.69, 9.17) is 0 Å². The molecule has 0 aromatic heterocycles. The fraction of sp³-hybridized carbons (Fsp3) is 0.0714. The molecule has 0 aliphatic rings. The second-order valence-corrected chi connectivity index (χ2v) is 4.09. The second kappa shape index (κ2) is 5.08. The molecule has 0 fully saturated rings. The van der Waals surface area contributed by atoms with Gasteiger partial charge in [0.15, 0.2) is 0 Å². The van der Waals surface area contributed by atoms with E-state index in [-0.39, 0.29) is 0 Å². The molecule has 0 spiro atoms. The smallest absolute Gasteiger partial charge is 0.150 e. The summed E-state index contributed by atoms with van der Waals surface area (Å²) in [6, 6.07) is 16.0. The van der Waals surface area contributed by atoms with Crippen molar-refractivity contribution in [1.29, 1.82) is 0 Å². The third-order valence-corrected chi connectivity index (χ3v) is 3.13. The topological polar surface area (TPSA) is 17.1 Å². The second-order valence-electron chi connectivity index (χ2n) is 3.53. The van der Waals surface area contributed by atoms with E-state index in [9.17, 15) is 4.79 Å². The Labute approximate surface area is 103 Å². The molecule has 0 aliphatic carbocycles. The van der Waals surface area contributed by atoms with Crippen LogP contribution >= 0.6 is 15.9 Å². The van der Waals surface area contributed by atoms with E-state index in [0.29, 0.717) is 5.33 Å². The number of aldehydes is 1. The largest absolute Gasteiger partial charge is 0.298 e. The predicted octanol–water partition coefficient (Wildman–Crippen LogP) is 4.06. The number of halogens is 1. The fourth-order valence-electron chi connectivity index (χ4n) is 1.65. The van der Waals surface area contributed by atoms with Crippen LogP contribution in [0.5, 0.6) is 0 Å². The zero-order valence-corrected chi connectivity index (χ0v) is 10.3. The van der Waals surface area contributed by atoms with E-state index < -0.39 is 0 Å². The lowest BCUT2D eigenvalue weighted by atomic mass is 10.0. The van der Waals surface area contributed by atoms with Crippen LogP contribution in [0.25, 0.3) is 11.1 Å². The highest BCUT2D eigenvalue weighted by Crippen LogP contribution is 2.23. The van der Waals surface area contributed by atoms with Crippen LogP contribution in [0.15, 0.2) is 48.5 Å². The quantitative estimate of drug-likeness (QED) is 0.609. The zero-order chi connectivity index (χ0) is 11.4. The molecule has 0 saturated carbocycles. The molecule has 1 nitrogen and oxygen atoms in total. The summed E-state index contributed by atoms with van der Waals surface area (Å²) in [5.41, 5.74) is 4.08. The number of carbonyl (C=O) groups is 1. The molecule has 0 saturated heterocycles. The summed E-state index contributed by atoms with van der Waals surface area (Å²) in [4.78, 5) is 10.8. The molecule has 0 N–H and O–H groups in total. The Morgan fingerprint density at radius 1 is 1.00 bits per heavy atom. The van der Waals surface area contributed by atoms with Crippen LogP contribution in [0, 0.1) is 0 Å². The predicted molar refractivity (Wildman–Crippen MR) is 69.9 cm³/mol. The van der Waals surface area contributed by atoms with Gasteiger partial charge in [-0.3, -0.25) is 4.79 Å². The molecular formula is C14H11BrO. The average molecular weight is 275 g/mol. The minimum Gasteiger partial charge on any atom is -0.298 e. The summed E-state index contributed by atoms with van der Waals surface area (Å²) >= 11 is 3.40. The summed E-state index contributed by atoms with van der Waals surface area (Å²) in [5, 5.41) is 0.696. The molecule has 2 aromatic carbocycles. The summed E-state index contributed by atoms with van der Waals surface area (Å²) in [5.74, 6) is 0. The van der Waals surface area contributed by atoms with E-state index in [0.717, 1.165) is 23.0 Å². The number of carbonyl (C=O) groups excluding carboxylic acids is 1. The SMILES string of the molecule is O=Cc1ccc(-c2ccccc2)cc1CBr. The maximum Gasteiger partial charge on any atom is 0.150 e. The van der Waals surface area contributed by atoms with Gasteiger partial charge in [-0.05, 0) is 22.8 Å². The minimum absolute atomic E-state index is 0.696.